The van der Waals surface area contributed by atoms with Gasteiger partial charge in [-0.3, -0.25) is 4.79 Å². The van der Waals surface area contributed by atoms with Crippen molar-refractivity contribution in [1.29, 1.82) is 0 Å². The number of Topliss-reactive ketones (excluding diaryl/α,β-unsaturated/α-hetero) is 1. The molecular formula is C11H9O. The Bertz CT molecular complexity index is 350. The summed E-state index contributed by atoms with van der Waals surface area (Å²) in [5.74, 6) is 0.169. The molecule has 0 aromatic heterocycles. The molecule has 1 radical (unpaired) electrons. The van der Waals surface area contributed by atoms with E-state index in [0.29, 0.717) is 0 Å². The van der Waals surface area contributed by atoms with Crippen molar-refractivity contribution in [3.05, 3.63) is 41.5 Å². The number of carbonyl (C=O) groups excluding carboxylic acids is 1. The molecule has 1 aliphatic carbocycles. The van der Waals surface area contributed by atoms with E-state index in [1.165, 1.54) is 0 Å². The van der Waals surface area contributed by atoms with Crippen molar-refractivity contribution in [3.8, 4) is 0 Å². The Labute approximate surface area is 71.7 Å². The highest BCUT2D eigenvalue weighted by atomic mass is 16.1. The zero-order valence-electron chi connectivity index (χ0n) is 6.87. The number of hydrogen-bond acceptors (Lipinski definition) is 1. The lowest BCUT2D eigenvalue weighted by molar-refractivity contribution is -0.117. The molecular weight excluding hydrogens is 148 g/mol. The van der Waals surface area contributed by atoms with Crippen LogP contribution >= 0.6 is 0 Å². The maximum atomic E-state index is 11.1. The van der Waals surface area contributed by atoms with Crippen molar-refractivity contribution in [2.45, 2.75) is 12.8 Å². The molecule has 2 rings (SSSR count). The molecule has 1 aromatic rings. The second kappa shape index (κ2) is 2.59. The molecule has 0 heterocycles. The van der Waals surface area contributed by atoms with E-state index < -0.39 is 0 Å². The van der Waals surface area contributed by atoms with E-state index in [9.17, 15) is 4.79 Å². The van der Waals surface area contributed by atoms with Crippen molar-refractivity contribution in [2.24, 2.45) is 0 Å². The highest BCUT2D eigenvalue weighted by Crippen LogP contribution is 2.29. The lowest BCUT2D eigenvalue weighted by atomic mass is 9.98. The lowest BCUT2D eigenvalue weighted by Crippen LogP contribution is -2.03. The Hall–Kier alpha value is -1.37. The van der Waals surface area contributed by atoms with Crippen LogP contribution in [0.25, 0.3) is 6.08 Å². The Morgan fingerprint density at radius 2 is 2.42 bits per heavy atom. The van der Waals surface area contributed by atoms with Crippen LogP contribution in [0.3, 0.4) is 0 Å². The minimum Gasteiger partial charge on any atom is -0.299 e. The fourth-order valence-electron chi connectivity index (χ4n) is 1.53. The Morgan fingerprint density at radius 1 is 1.58 bits per heavy atom. The highest BCUT2D eigenvalue weighted by molar-refractivity contribution is 5.90. The van der Waals surface area contributed by atoms with Crippen LogP contribution in [0.5, 0.6) is 0 Å². The Balaban J connectivity index is 2.49. The maximum absolute atomic E-state index is 11.1. The van der Waals surface area contributed by atoms with Crippen molar-refractivity contribution in [1.82, 2.24) is 0 Å². The van der Waals surface area contributed by atoms with Crippen LogP contribution in [0.4, 0.5) is 0 Å². The lowest BCUT2D eigenvalue weighted by Gasteiger charge is -2.04. The van der Waals surface area contributed by atoms with Crippen LogP contribution in [-0.2, 0) is 4.79 Å². The molecule has 1 aromatic carbocycles. The summed E-state index contributed by atoms with van der Waals surface area (Å²) in [5, 5.41) is 0. The first kappa shape index (κ1) is 7.29. The zero-order valence-corrected chi connectivity index (χ0v) is 6.87. The number of rotatable bonds is 1. The summed E-state index contributed by atoms with van der Waals surface area (Å²) < 4.78 is 0. The van der Waals surface area contributed by atoms with E-state index >= 15 is 0 Å². The Morgan fingerprint density at radius 3 is 3.17 bits per heavy atom. The van der Waals surface area contributed by atoms with Crippen molar-refractivity contribution in [3.63, 3.8) is 0 Å². The SMILES string of the molecule is CC(=O)C1C=Cc2cc[c]cc21. The summed E-state index contributed by atoms with van der Waals surface area (Å²) in [6.07, 6.45) is 3.94. The predicted molar refractivity (Wildman–Crippen MR) is 47.7 cm³/mol. The van der Waals surface area contributed by atoms with Gasteiger partial charge in [0.25, 0.3) is 0 Å². The van der Waals surface area contributed by atoms with Crippen LogP contribution in [-0.4, -0.2) is 5.78 Å². The molecule has 12 heavy (non-hydrogen) atoms. The molecule has 0 N–H and O–H groups in total. The van der Waals surface area contributed by atoms with Gasteiger partial charge in [-0.05, 0) is 30.2 Å². The standard InChI is InChI=1S/C11H9O/c1-8(12)10-7-6-9-4-2-3-5-11(9)10/h2,4-7,10H,1H3. The van der Waals surface area contributed by atoms with Gasteiger partial charge in [0.1, 0.15) is 5.78 Å². The highest BCUT2D eigenvalue weighted by Gasteiger charge is 2.19. The monoisotopic (exact) mass is 157 g/mol. The van der Waals surface area contributed by atoms with Gasteiger partial charge in [-0.25, -0.2) is 0 Å². The third-order valence-electron chi connectivity index (χ3n) is 2.17. The number of benzene rings is 1. The predicted octanol–water partition coefficient (Wildman–Crippen LogP) is 2.19. The van der Waals surface area contributed by atoms with E-state index in [-0.39, 0.29) is 11.7 Å². The summed E-state index contributed by atoms with van der Waals surface area (Å²) in [4.78, 5) is 11.1. The normalized spacial score (nSPS) is 19.2. The Kier molecular flexibility index (Phi) is 1.58. The number of ketones is 1. The number of hydrogen-bond donors (Lipinski definition) is 0. The average Bonchev–Trinajstić information content (AvgIpc) is 2.47. The van der Waals surface area contributed by atoms with Gasteiger partial charge >= 0.3 is 0 Å². The van der Waals surface area contributed by atoms with Gasteiger partial charge in [0.05, 0.1) is 5.92 Å². The number of fused-ring (bicyclic) bond motifs is 1. The van der Waals surface area contributed by atoms with Gasteiger partial charge in [-0.15, -0.1) is 0 Å². The van der Waals surface area contributed by atoms with E-state index in [4.69, 9.17) is 0 Å². The summed E-state index contributed by atoms with van der Waals surface area (Å²) >= 11 is 0. The summed E-state index contributed by atoms with van der Waals surface area (Å²) in [6, 6.07) is 8.72. The molecule has 0 spiro atoms. The third-order valence-corrected chi connectivity index (χ3v) is 2.17. The molecule has 0 bridgehead atoms. The van der Waals surface area contributed by atoms with Crippen LogP contribution < -0.4 is 0 Å². The van der Waals surface area contributed by atoms with E-state index in [0.717, 1.165) is 11.1 Å². The van der Waals surface area contributed by atoms with Crippen LogP contribution in [0.1, 0.15) is 24.0 Å². The van der Waals surface area contributed by atoms with Gasteiger partial charge in [-0.2, -0.15) is 0 Å². The first-order valence-corrected chi connectivity index (χ1v) is 3.97. The third kappa shape index (κ3) is 0.981. The molecule has 1 atom stereocenters. The molecule has 1 nitrogen and oxygen atoms in total. The van der Waals surface area contributed by atoms with Crippen LogP contribution in [0.2, 0.25) is 0 Å². The van der Waals surface area contributed by atoms with Gasteiger partial charge in [-0.1, -0.05) is 24.3 Å². The molecule has 0 aliphatic heterocycles. The first-order valence-electron chi connectivity index (χ1n) is 3.97. The summed E-state index contributed by atoms with van der Waals surface area (Å²) in [6.45, 7) is 1.62. The average molecular weight is 157 g/mol. The van der Waals surface area contributed by atoms with Crippen molar-refractivity contribution >= 4 is 11.9 Å². The summed E-state index contributed by atoms with van der Waals surface area (Å²) in [5.41, 5.74) is 2.24. The van der Waals surface area contributed by atoms with E-state index in [2.05, 4.69) is 6.07 Å². The molecule has 1 unspecified atom stereocenters. The van der Waals surface area contributed by atoms with Crippen molar-refractivity contribution in [2.75, 3.05) is 0 Å². The van der Waals surface area contributed by atoms with Crippen LogP contribution in [0.15, 0.2) is 24.3 Å². The molecule has 1 aliphatic rings. The minimum atomic E-state index is -0.0301. The van der Waals surface area contributed by atoms with Gasteiger partial charge in [0.2, 0.25) is 0 Å². The first-order chi connectivity index (χ1) is 5.79. The smallest absolute Gasteiger partial charge is 0.141 e. The maximum Gasteiger partial charge on any atom is 0.141 e. The second-order valence-electron chi connectivity index (χ2n) is 3.00. The molecule has 0 fully saturated rings. The van der Waals surface area contributed by atoms with Crippen molar-refractivity contribution < 1.29 is 4.79 Å². The fraction of sp³-hybridized carbons (Fsp3) is 0.182. The zero-order chi connectivity index (χ0) is 8.55. The van der Waals surface area contributed by atoms with Gasteiger partial charge in [0, 0.05) is 0 Å². The summed E-state index contributed by atoms with van der Waals surface area (Å²) in [7, 11) is 0. The largest absolute Gasteiger partial charge is 0.299 e. The van der Waals surface area contributed by atoms with Gasteiger partial charge in [0.15, 0.2) is 0 Å². The number of carbonyl (C=O) groups is 1. The van der Waals surface area contributed by atoms with Gasteiger partial charge < -0.3 is 0 Å². The van der Waals surface area contributed by atoms with E-state index in [1.54, 1.807) is 6.92 Å². The van der Waals surface area contributed by atoms with Crippen LogP contribution in [0, 0.1) is 6.07 Å². The molecule has 0 saturated heterocycles. The molecule has 59 valence electrons. The quantitative estimate of drug-likeness (QED) is 0.610. The minimum absolute atomic E-state index is 0.0301. The second-order valence-corrected chi connectivity index (χ2v) is 3.00. The topological polar surface area (TPSA) is 17.1 Å². The fourth-order valence-corrected chi connectivity index (χ4v) is 1.53. The molecule has 0 saturated carbocycles. The molecule has 1 heteroatoms. The number of allylic oxidation sites excluding steroid dienone is 1. The molecule has 0 amide bonds. The van der Waals surface area contributed by atoms with E-state index in [1.807, 2.05) is 30.4 Å².